The number of fused-ring (bicyclic) bond motifs is 2. The van der Waals surface area contributed by atoms with Crippen LogP contribution in [0.15, 0.2) is 21.3 Å². The number of amides is 2. The number of likely N-dealkylation sites (tertiary alicyclic amines) is 1. The van der Waals surface area contributed by atoms with E-state index >= 15 is 0 Å². The number of carbonyl (C=O) groups excluding carboxylic acids is 2. The minimum atomic E-state index is -0.588. The van der Waals surface area contributed by atoms with E-state index in [9.17, 15) is 19.5 Å². The van der Waals surface area contributed by atoms with Crippen molar-refractivity contribution < 1.29 is 23.8 Å². The lowest BCUT2D eigenvalue weighted by Gasteiger charge is -2.47. The summed E-state index contributed by atoms with van der Waals surface area (Å²) in [5.74, 6) is 0.484. The molecule has 0 unspecified atom stereocenters. The van der Waals surface area contributed by atoms with Crippen LogP contribution in [0.5, 0.6) is 5.75 Å². The van der Waals surface area contributed by atoms with Crippen molar-refractivity contribution in [1.29, 1.82) is 0 Å². The maximum Gasteiger partial charge on any atom is 0.339 e. The van der Waals surface area contributed by atoms with Crippen LogP contribution in [0.1, 0.15) is 61.6 Å². The zero-order valence-corrected chi connectivity index (χ0v) is 20.9. The van der Waals surface area contributed by atoms with Crippen LogP contribution in [0.2, 0.25) is 0 Å². The number of ether oxygens (including phenoxy) is 1. The van der Waals surface area contributed by atoms with E-state index in [1.807, 2.05) is 17.9 Å². The van der Waals surface area contributed by atoms with Gasteiger partial charge in [0.2, 0.25) is 5.91 Å². The van der Waals surface area contributed by atoms with Crippen molar-refractivity contribution in [2.75, 3.05) is 26.2 Å². The predicted molar refractivity (Wildman–Crippen MR) is 133 cm³/mol. The largest absolute Gasteiger partial charge is 0.483 e. The molecule has 2 amide bonds. The monoisotopic (exact) mass is 484 g/mol. The zero-order chi connectivity index (χ0) is 25.2. The van der Waals surface area contributed by atoms with Crippen LogP contribution in [0.3, 0.4) is 0 Å². The molecule has 0 spiro atoms. The van der Waals surface area contributed by atoms with Gasteiger partial charge in [0.05, 0.1) is 5.60 Å². The number of aliphatic hydroxyl groups is 1. The molecule has 35 heavy (non-hydrogen) atoms. The minimum Gasteiger partial charge on any atom is -0.483 e. The van der Waals surface area contributed by atoms with Crippen molar-refractivity contribution in [2.24, 2.45) is 5.92 Å². The molecular formula is C27H36N2O6. The highest BCUT2D eigenvalue weighted by molar-refractivity contribution is 5.86. The number of carbonyl (C=O) groups is 2. The molecule has 1 saturated heterocycles. The molecule has 1 saturated carbocycles. The van der Waals surface area contributed by atoms with E-state index in [1.165, 1.54) is 0 Å². The number of hydrogen-bond donors (Lipinski definition) is 2. The lowest BCUT2D eigenvalue weighted by Crippen LogP contribution is -2.54. The molecule has 1 aromatic heterocycles. The Hall–Kier alpha value is -2.87. The number of piperidine rings is 1. The normalized spacial score (nSPS) is 22.1. The topological polar surface area (TPSA) is 109 Å². The predicted octanol–water partition coefficient (Wildman–Crippen LogP) is 3.15. The van der Waals surface area contributed by atoms with Gasteiger partial charge >= 0.3 is 5.63 Å². The standard InChI is InChI=1S/C27H36N2O6/c1-17-18(2)26(32)35-25-19(3)22(10-9-21(17)25)34-16-23(30)28-13-6-8-24(31)29-14-12-27(33)11-5-4-7-20(27)15-29/h9-10,20,33H,4-8,11-16H2,1-3H3,(H,28,30)/t20-,27-/m1/s1. The number of hydrogen-bond acceptors (Lipinski definition) is 6. The number of nitrogens with zero attached hydrogens (tertiary/aromatic N) is 1. The van der Waals surface area contributed by atoms with Gasteiger partial charge in [0.25, 0.3) is 5.91 Å². The highest BCUT2D eigenvalue weighted by atomic mass is 16.5. The molecule has 2 aliphatic rings. The molecule has 2 atom stereocenters. The van der Waals surface area contributed by atoms with Crippen LogP contribution in [-0.2, 0) is 9.59 Å². The van der Waals surface area contributed by atoms with Gasteiger partial charge in [-0.15, -0.1) is 0 Å². The molecule has 2 N–H and O–H groups in total. The summed E-state index contributed by atoms with van der Waals surface area (Å²) in [5, 5.41) is 14.4. The van der Waals surface area contributed by atoms with Crippen LogP contribution in [0, 0.1) is 26.7 Å². The van der Waals surface area contributed by atoms with Crippen LogP contribution < -0.4 is 15.7 Å². The SMILES string of the molecule is Cc1c(C)c2ccc(OCC(=O)NCCCC(=O)N3CC[C@]4(O)CCCC[C@@H]4C3)c(C)c2oc1=O. The first kappa shape index (κ1) is 25.2. The second-order valence-corrected chi connectivity index (χ2v) is 10.1. The van der Waals surface area contributed by atoms with Gasteiger partial charge in [0.1, 0.15) is 11.3 Å². The summed E-state index contributed by atoms with van der Waals surface area (Å²) in [7, 11) is 0. The summed E-state index contributed by atoms with van der Waals surface area (Å²) >= 11 is 0. The Morgan fingerprint density at radius 1 is 1.17 bits per heavy atom. The van der Waals surface area contributed by atoms with E-state index in [-0.39, 0.29) is 30.0 Å². The van der Waals surface area contributed by atoms with E-state index < -0.39 is 5.60 Å². The summed E-state index contributed by atoms with van der Waals surface area (Å²) in [6.07, 6.45) is 5.60. The van der Waals surface area contributed by atoms with Gasteiger partial charge in [-0.1, -0.05) is 12.8 Å². The van der Waals surface area contributed by atoms with Gasteiger partial charge in [-0.3, -0.25) is 9.59 Å². The highest BCUT2D eigenvalue weighted by Gasteiger charge is 2.43. The number of rotatable bonds is 7. The molecule has 4 rings (SSSR count). The molecule has 0 bridgehead atoms. The molecular weight excluding hydrogens is 448 g/mol. The van der Waals surface area contributed by atoms with Crippen LogP contribution in [0.4, 0.5) is 0 Å². The molecule has 8 nitrogen and oxygen atoms in total. The van der Waals surface area contributed by atoms with Gasteiger partial charge in [-0.2, -0.15) is 0 Å². The number of nitrogens with one attached hydrogen (secondary N) is 1. The molecule has 1 aliphatic heterocycles. The zero-order valence-electron chi connectivity index (χ0n) is 20.9. The van der Waals surface area contributed by atoms with E-state index in [2.05, 4.69) is 5.32 Å². The first-order valence-electron chi connectivity index (χ1n) is 12.6. The van der Waals surface area contributed by atoms with Crippen molar-refractivity contribution in [1.82, 2.24) is 10.2 Å². The molecule has 2 fully saturated rings. The first-order chi connectivity index (χ1) is 16.7. The van der Waals surface area contributed by atoms with E-state index in [1.54, 1.807) is 19.9 Å². The second kappa shape index (κ2) is 10.4. The van der Waals surface area contributed by atoms with Crippen LogP contribution >= 0.6 is 0 Å². The van der Waals surface area contributed by atoms with Gasteiger partial charge in [0, 0.05) is 48.5 Å². The van der Waals surface area contributed by atoms with Crippen LogP contribution in [-0.4, -0.2) is 53.7 Å². The number of aryl methyl sites for hydroxylation is 2. The third kappa shape index (κ3) is 5.37. The third-order valence-electron chi connectivity index (χ3n) is 7.85. The van der Waals surface area contributed by atoms with Crippen molar-refractivity contribution in [3.8, 4) is 5.75 Å². The molecule has 2 aromatic rings. The summed E-state index contributed by atoms with van der Waals surface area (Å²) < 4.78 is 11.1. The fourth-order valence-electron chi connectivity index (χ4n) is 5.40. The lowest BCUT2D eigenvalue weighted by molar-refractivity contribution is -0.143. The summed E-state index contributed by atoms with van der Waals surface area (Å²) in [6.45, 7) is 6.89. The summed E-state index contributed by atoms with van der Waals surface area (Å²) in [5.41, 5.74) is 1.64. The van der Waals surface area contributed by atoms with Crippen molar-refractivity contribution in [3.63, 3.8) is 0 Å². The van der Waals surface area contributed by atoms with Crippen molar-refractivity contribution in [3.05, 3.63) is 39.2 Å². The quantitative estimate of drug-likeness (QED) is 0.462. The molecule has 1 aliphatic carbocycles. The minimum absolute atomic E-state index is 0.0851. The average Bonchev–Trinajstić information content (AvgIpc) is 2.84. The fourth-order valence-corrected chi connectivity index (χ4v) is 5.40. The van der Waals surface area contributed by atoms with Gasteiger partial charge in [-0.05, 0) is 64.2 Å². The van der Waals surface area contributed by atoms with Crippen LogP contribution in [0.25, 0.3) is 11.0 Å². The molecule has 190 valence electrons. The Kier molecular flexibility index (Phi) is 7.50. The Balaban J connectivity index is 1.21. The summed E-state index contributed by atoms with van der Waals surface area (Å²) in [6, 6.07) is 3.61. The Morgan fingerprint density at radius 2 is 1.97 bits per heavy atom. The van der Waals surface area contributed by atoms with E-state index in [4.69, 9.17) is 9.15 Å². The smallest absolute Gasteiger partial charge is 0.339 e. The highest BCUT2D eigenvalue weighted by Crippen LogP contribution is 2.39. The van der Waals surface area contributed by atoms with E-state index in [0.717, 1.165) is 36.6 Å². The maximum atomic E-state index is 12.6. The molecule has 1 aromatic carbocycles. The first-order valence-corrected chi connectivity index (χ1v) is 12.6. The average molecular weight is 485 g/mol. The van der Waals surface area contributed by atoms with Gasteiger partial charge in [0.15, 0.2) is 6.61 Å². The number of benzene rings is 1. The lowest BCUT2D eigenvalue weighted by atomic mass is 9.71. The van der Waals surface area contributed by atoms with Crippen molar-refractivity contribution in [2.45, 2.75) is 71.3 Å². The maximum absolute atomic E-state index is 12.6. The fraction of sp³-hybridized carbons (Fsp3) is 0.593. The molecule has 0 radical (unpaired) electrons. The summed E-state index contributed by atoms with van der Waals surface area (Å²) in [4.78, 5) is 38.8. The molecule has 8 heteroatoms. The van der Waals surface area contributed by atoms with Crippen molar-refractivity contribution >= 4 is 22.8 Å². The Bertz CT molecular complexity index is 1170. The molecule has 2 heterocycles. The Labute approximate surface area is 205 Å². The second-order valence-electron chi connectivity index (χ2n) is 10.1. The van der Waals surface area contributed by atoms with Gasteiger partial charge < -0.3 is 24.5 Å². The third-order valence-corrected chi connectivity index (χ3v) is 7.85. The van der Waals surface area contributed by atoms with E-state index in [0.29, 0.717) is 61.4 Å². The Morgan fingerprint density at radius 3 is 2.77 bits per heavy atom. The van der Waals surface area contributed by atoms with Gasteiger partial charge in [-0.25, -0.2) is 4.79 Å².